The van der Waals surface area contributed by atoms with Crippen LogP contribution in [0.15, 0.2) is 23.1 Å². The average Bonchev–Trinajstić information content (AvgIpc) is 3.49. The van der Waals surface area contributed by atoms with Crippen LogP contribution in [0.5, 0.6) is 5.75 Å². The van der Waals surface area contributed by atoms with E-state index in [9.17, 15) is 9.18 Å². The van der Waals surface area contributed by atoms with Crippen molar-refractivity contribution < 1.29 is 18.3 Å². The van der Waals surface area contributed by atoms with E-state index in [4.69, 9.17) is 9.47 Å². The maximum atomic E-state index is 15.3. The first-order valence-corrected chi connectivity index (χ1v) is 13.6. The van der Waals surface area contributed by atoms with Gasteiger partial charge in [0.1, 0.15) is 18.0 Å². The van der Waals surface area contributed by atoms with Crippen molar-refractivity contribution in [2.45, 2.75) is 69.7 Å². The lowest BCUT2D eigenvalue weighted by Crippen LogP contribution is -2.55. The fourth-order valence-electron chi connectivity index (χ4n) is 5.95. The Labute approximate surface area is 229 Å². The van der Waals surface area contributed by atoms with Crippen LogP contribution in [0.1, 0.15) is 46.0 Å². The number of ether oxygens (including phenoxy) is 2. The van der Waals surface area contributed by atoms with E-state index in [-0.39, 0.29) is 53.2 Å². The topological polar surface area (TPSA) is 124 Å². The first-order chi connectivity index (χ1) is 19.2. The van der Waals surface area contributed by atoms with Gasteiger partial charge in [-0.25, -0.2) is 18.6 Å². The first kappa shape index (κ1) is 26.6. The van der Waals surface area contributed by atoms with Gasteiger partial charge in [0, 0.05) is 43.8 Å². The fraction of sp³-hybridized carbons (Fsp3) is 0.577. The summed E-state index contributed by atoms with van der Waals surface area (Å²) in [5, 5.41) is 13.7. The number of piperidine rings is 1. The van der Waals surface area contributed by atoms with Crippen LogP contribution in [0.3, 0.4) is 0 Å². The summed E-state index contributed by atoms with van der Waals surface area (Å²) in [5.41, 5.74) is -0.415. The molecule has 6 rings (SSSR count). The van der Waals surface area contributed by atoms with E-state index in [1.165, 1.54) is 19.5 Å². The first-order valence-electron chi connectivity index (χ1n) is 13.6. The molecule has 3 aliphatic heterocycles. The summed E-state index contributed by atoms with van der Waals surface area (Å²) >= 11 is 0. The van der Waals surface area contributed by atoms with Crippen molar-refractivity contribution in [3.8, 4) is 11.4 Å². The highest BCUT2D eigenvalue weighted by Gasteiger charge is 2.43. The maximum absolute atomic E-state index is 15.3. The summed E-state index contributed by atoms with van der Waals surface area (Å²) in [6, 6.07) is 3.00. The van der Waals surface area contributed by atoms with E-state index < -0.39 is 17.3 Å². The van der Waals surface area contributed by atoms with Crippen LogP contribution in [0.4, 0.5) is 26.2 Å². The molecule has 3 saturated heterocycles. The summed E-state index contributed by atoms with van der Waals surface area (Å²) < 4.78 is 43.3. The van der Waals surface area contributed by atoms with Gasteiger partial charge in [0.15, 0.2) is 17.5 Å². The molecule has 2 aromatic heterocycles. The van der Waals surface area contributed by atoms with Crippen LogP contribution < -0.4 is 21.1 Å². The normalized spacial score (nSPS) is 23.9. The molecule has 3 fully saturated rings. The Morgan fingerprint density at radius 3 is 2.75 bits per heavy atom. The second-order valence-corrected chi connectivity index (χ2v) is 11.3. The van der Waals surface area contributed by atoms with E-state index >= 15 is 4.39 Å². The Kier molecular flexibility index (Phi) is 6.90. The average molecular weight is 558 g/mol. The largest absolute Gasteiger partial charge is 0.488 e. The van der Waals surface area contributed by atoms with Gasteiger partial charge in [-0.2, -0.15) is 14.3 Å². The van der Waals surface area contributed by atoms with Gasteiger partial charge in [-0.05, 0) is 62.6 Å². The number of nitrogens with one attached hydrogen (secondary N) is 2. The monoisotopic (exact) mass is 557 g/mol. The van der Waals surface area contributed by atoms with Crippen molar-refractivity contribution in [3.63, 3.8) is 0 Å². The summed E-state index contributed by atoms with van der Waals surface area (Å²) in [6.07, 6.45) is 5.82. The summed E-state index contributed by atoms with van der Waals surface area (Å²) in [5.74, 6) is -1.12. The SMILES string of the molecule is Cn1nnn(-c2cc(Nc3ncc(F)c(NC4CC5CCCN5C(C)(C)C4)n3)c(F)cc2OCC2CCO2)c1=O. The molecule has 0 bridgehead atoms. The van der Waals surface area contributed by atoms with E-state index in [0.29, 0.717) is 12.6 Å². The number of nitrogens with zero attached hydrogens (tertiary/aromatic N) is 7. The van der Waals surface area contributed by atoms with Crippen molar-refractivity contribution in [1.82, 2.24) is 34.7 Å². The van der Waals surface area contributed by atoms with E-state index in [1.54, 1.807) is 0 Å². The Hall–Kier alpha value is -3.65. The number of fused-ring (bicyclic) bond motifs is 1. The van der Waals surface area contributed by atoms with Crippen LogP contribution in [-0.2, 0) is 11.8 Å². The zero-order chi connectivity index (χ0) is 28.0. The van der Waals surface area contributed by atoms with Crippen molar-refractivity contribution in [2.24, 2.45) is 7.05 Å². The molecule has 5 heterocycles. The molecule has 3 aromatic rings. The minimum Gasteiger partial charge on any atom is -0.488 e. The van der Waals surface area contributed by atoms with Gasteiger partial charge in [-0.15, -0.1) is 0 Å². The van der Waals surface area contributed by atoms with Crippen LogP contribution in [0.25, 0.3) is 5.69 Å². The molecule has 0 aliphatic carbocycles. The highest BCUT2D eigenvalue weighted by atomic mass is 19.1. The van der Waals surface area contributed by atoms with Crippen LogP contribution in [-0.4, -0.2) is 78.1 Å². The molecule has 2 N–H and O–H groups in total. The molecule has 3 aliphatic rings. The number of tetrazole rings is 1. The Bertz CT molecular complexity index is 1460. The second kappa shape index (κ2) is 10.4. The van der Waals surface area contributed by atoms with E-state index in [1.807, 2.05) is 0 Å². The molecular formula is C26H33F2N9O3. The zero-order valence-electron chi connectivity index (χ0n) is 22.7. The quantitative estimate of drug-likeness (QED) is 0.427. The van der Waals surface area contributed by atoms with Gasteiger partial charge in [-0.3, -0.25) is 4.90 Å². The van der Waals surface area contributed by atoms with Crippen LogP contribution in [0, 0.1) is 11.6 Å². The Morgan fingerprint density at radius 2 is 2.02 bits per heavy atom. The third-order valence-electron chi connectivity index (χ3n) is 8.01. The molecule has 0 saturated carbocycles. The van der Waals surface area contributed by atoms with Crippen molar-refractivity contribution >= 4 is 17.5 Å². The van der Waals surface area contributed by atoms with E-state index in [0.717, 1.165) is 53.9 Å². The number of rotatable bonds is 8. The number of hydrogen-bond acceptors (Lipinski definition) is 10. The van der Waals surface area contributed by atoms with Gasteiger partial charge < -0.3 is 20.1 Å². The molecule has 0 amide bonds. The van der Waals surface area contributed by atoms with Gasteiger partial charge in [0.05, 0.1) is 18.0 Å². The molecule has 0 radical (unpaired) electrons. The minimum atomic E-state index is -0.678. The molecule has 14 heteroatoms. The smallest absolute Gasteiger partial charge is 0.368 e. The Morgan fingerprint density at radius 1 is 1.20 bits per heavy atom. The predicted octanol–water partition coefficient (Wildman–Crippen LogP) is 2.76. The number of aryl methyl sites for hydroxylation is 1. The molecule has 40 heavy (non-hydrogen) atoms. The molecule has 214 valence electrons. The standard InChI is InChI=1S/C26H33F2N9O3/c1-26(2)12-15(9-16-5-4-7-36(16)26)30-23-19(28)13-29-24(32-23)31-20-11-21(37-25(38)35(3)33-34-37)22(10-18(20)27)40-14-17-6-8-39-17/h10-11,13,15-17H,4-9,12,14H2,1-3H3,(H2,29,30,31,32). The molecule has 3 atom stereocenters. The van der Waals surface area contributed by atoms with Gasteiger partial charge in [-0.1, -0.05) is 0 Å². The summed E-state index contributed by atoms with van der Waals surface area (Å²) in [7, 11) is 1.45. The molecular weight excluding hydrogens is 524 g/mol. The van der Waals surface area contributed by atoms with Gasteiger partial charge in [0.2, 0.25) is 5.95 Å². The maximum Gasteiger partial charge on any atom is 0.368 e. The van der Waals surface area contributed by atoms with Gasteiger partial charge >= 0.3 is 5.69 Å². The lowest BCUT2D eigenvalue weighted by atomic mass is 9.84. The molecule has 0 spiro atoms. The van der Waals surface area contributed by atoms with Crippen molar-refractivity contribution in [1.29, 1.82) is 0 Å². The summed E-state index contributed by atoms with van der Waals surface area (Å²) in [6.45, 7) is 6.37. The number of anilines is 3. The van der Waals surface area contributed by atoms with Crippen molar-refractivity contribution in [2.75, 3.05) is 30.4 Å². The highest BCUT2D eigenvalue weighted by Crippen LogP contribution is 2.39. The molecule has 3 unspecified atom stereocenters. The third kappa shape index (κ3) is 5.12. The third-order valence-corrected chi connectivity index (χ3v) is 8.01. The minimum absolute atomic E-state index is 0.00524. The second-order valence-electron chi connectivity index (χ2n) is 11.3. The van der Waals surface area contributed by atoms with E-state index in [2.05, 4.69) is 49.8 Å². The number of benzene rings is 1. The lowest BCUT2D eigenvalue weighted by Gasteiger charge is -2.47. The lowest BCUT2D eigenvalue weighted by molar-refractivity contribution is -0.0721. The highest BCUT2D eigenvalue weighted by molar-refractivity contribution is 5.63. The van der Waals surface area contributed by atoms with Crippen LogP contribution in [0.2, 0.25) is 0 Å². The number of hydrogen-bond donors (Lipinski definition) is 2. The number of aromatic nitrogens is 6. The van der Waals surface area contributed by atoms with Crippen LogP contribution >= 0.6 is 0 Å². The van der Waals surface area contributed by atoms with Crippen molar-refractivity contribution in [3.05, 3.63) is 40.4 Å². The van der Waals surface area contributed by atoms with Gasteiger partial charge in [0.25, 0.3) is 0 Å². The fourth-order valence-corrected chi connectivity index (χ4v) is 5.95. The molecule has 12 nitrogen and oxygen atoms in total. The molecule has 1 aromatic carbocycles. The number of halogens is 2. The summed E-state index contributed by atoms with van der Waals surface area (Å²) in [4.78, 5) is 23.5. The zero-order valence-corrected chi connectivity index (χ0v) is 22.7. The Balaban J connectivity index is 1.25. The predicted molar refractivity (Wildman–Crippen MR) is 142 cm³/mol.